The highest BCUT2D eigenvalue weighted by atomic mass is 19.1. The first-order chi connectivity index (χ1) is 10.9. The number of anilines is 2. The van der Waals surface area contributed by atoms with E-state index in [4.69, 9.17) is 0 Å². The van der Waals surface area contributed by atoms with Crippen LogP contribution in [0.1, 0.15) is 12.5 Å². The maximum Gasteiger partial charge on any atom is 0.244 e. The number of amides is 2. The summed E-state index contributed by atoms with van der Waals surface area (Å²) in [6.07, 6.45) is 0. The molecule has 23 heavy (non-hydrogen) atoms. The van der Waals surface area contributed by atoms with Gasteiger partial charge in [-0.3, -0.25) is 9.59 Å². The fourth-order valence-electron chi connectivity index (χ4n) is 2.05. The SMILES string of the molecule is CC(=O)N(CC(=O)Nc1c(F)cccc1F)c1ccc(C)cc1. The summed E-state index contributed by atoms with van der Waals surface area (Å²) in [5.41, 5.74) is 1.02. The second kappa shape index (κ2) is 7.00. The molecule has 0 unspecified atom stereocenters. The smallest absolute Gasteiger partial charge is 0.244 e. The zero-order chi connectivity index (χ0) is 17.0. The summed E-state index contributed by atoms with van der Waals surface area (Å²) in [7, 11) is 0. The number of carbonyl (C=O) groups is 2. The minimum Gasteiger partial charge on any atom is -0.320 e. The standard InChI is InChI=1S/C17H16F2N2O2/c1-11-6-8-13(9-7-11)21(12(2)22)10-16(23)20-17-14(18)4-3-5-15(17)19/h3-9H,10H2,1-2H3,(H,20,23). The van der Waals surface area contributed by atoms with Crippen molar-refractivity contribution in [3.05, 3.63) is 59.7 Å². The van der Waals surface area contributed by atoms with Gasteiger partial charge in [-0.05, 0) is 31.2 Å². The summed E-state index contributed by atoms with van der Waals surface area (Å²) in [5, 5.41) is 2.16. The van der Waals surface area contributed by atoms with Gasteiger partial charge in [0.1, 0.15) is 23.9 Å². The van der Waals surface area contributed by atoms with Crippen LogP contribution >= 0.6 is 0 Å². The van der Waals surface area contributed by atoms with Crippen molar-refractivity contribution in [1.29, 1.82) is 0 Å². The van der Waals surface area contributed by atoms with Crippen molar-refractivity contribution in [1.82, 2.24) is 0 Å². The number of benzene rings is 2. The van der Waals surface area contributed by atoms with Gasteiger partial charge in [0.25, 0.3) is 0 Å². The van der Waals surface area contributed by atoms with Gasteiger partial charge in [-0.1, -0.05) is 23.8 Å². The third-order valence-electron chi connectivity index (χ3n) is 3.25. The number of para-hydroxylation sites is 1. The van der Waals surface area contributed by atoms with Crippen LogP contribution in [0.3, 0.4) is 0 Å². The zero-order valence-electron chi connectivity index (χ0n) is 12.8. The van der Waals surface area contributed by atoms with Crippen LogP contribution in [0.15, 0.2) is 42.5 Å². The lowest BCUT2D eigenvalue weighted by Gasteiger charge is -2.21. The average molecular weight is 318 g/mol. The maximum absolute atomic E-state index is 13.5. The highest BCUT2D eigenvalue weighted by Gasteiger charge is 2.18. The highest BCUT2D eigenvalue weighted by molar-refractivity contribution is 6.01. The number of hydrogen-bond donors (Lipinski definition) is 1. The number of carbonyl (C=O) groups excluding carboxylic acids is 2. The van der Waals surface area contributed by atoms with E-state index in [1.54, 1.807) is 24.3 Å². The molecular weight excluding hydrogens is 302 g/mol. The first-order valence-electron chi connectivity index (χ1n) is 6.97. The van der Waals surface area contributed by atoms with Gasteiger partial charge in [-0.2, -0.15) is 0 Å². The van der Waals surface area contributed by atoms with Crippen molar-refractivity contribution in [2.45, 2.75) is 13.8 Å². The molecule has 120 valence electrons. The van der Waals surface area contributed by atoms with E-state index in [2.05, 4.69) is 5.32 Å². The van der Waals surface area contributed by atoms with Crippen molar-refractivity contribution < 1.29 is 18.4 Å². The first-order valence-corrected chi connectivity index (χ1v) is 6.97. The Balaban J connectivity index is 2.16. The summed E-state index contributed by atoms with van der Waals surface area (Å²) in [6.45, 7) is 2.87. The van der Waals surface area contributed by atoms with E-state index >= 15 is 0 Å². The normalized spacial score (nSPS) is 10.3. The number of halogens is 2. The van der Waals surface area contributed by atoms with E-state index in [1.807, 2.05) is 6.92 Å². The van der Waals surface area contributed by atoms with Crippen molar-refractivity contribution in [3.8, 4) is 0 Å². The van der Waals surface area contributed by atoms with E-state index in [-0.39, 0.29) is 12.5 Å². The Morgan fingerprint density at radius 2 is 1.61 bits per heavy atom. The van der Waals surface area contributed by atoms with Crippen LogP contribution in [0, 0.1) is 18.6 Å². The zero-order valence-corrected chi connectivity index (χ0v) is 12.8. The molecule has 0 aliphatic carbocycles. The van der Waals surface area contributed by atoms with Gasteiger partial charge in [0.15, 0.2) is 0 Å². The number of nitrogens with one attached hydrogen (secondary N) is 1. The number of hydrogen-bond acceptors (Lipinski definition) is 2. The molecule has 0 fully saturated rings. The molecule has 2 amide bonds. The van der Waals surface area contributed by atoms with Gasteiger partial charge in [0, 0.05) is 12.6 Å². The quantitative estimate of drug-likeness (QED) is 0.940. The monoisotopic (exact) mass is 318 g/mol. The minimum absolute atomic E-state index is 0.341. The molecule has 0 aliphatic rings. The summed E-state index contributed by atoms with van der Waals surface area (Å²) >= 11 is 0. The third-order valence-corrected chi connectivity index (χ3v) is 3.25. The van der Waals surface area contributed by atoms with E-state index in [0.29, 0.717) is 5.69 Å². The third kappa shape index (κ3) is 4.12. The van der Waals surface area contributed by atoms with Gasteiger partial charge in [0.2, 0.25) is 11.8 Å². The highest BCUT2D eigenvalue weighted by Crippen LogP contribution is 2.19. The van der Waals surface area contributed by atoms with Crippen LogP contribution in [0.4, 0.5) is 20.2 Å². The van der Waals surface area contributed by atoms with Crippen molar-refractivity contribution in [3.63, 3.8) is 0 Å². The molecule has 0 radical (unpaired) electrons. The predicted octanol–water partition coefficient (Wildman–Crippen LogP) is 3.26. The predicted molar refractivity (Wildman–Crippen MR) is 84.2 cm³/mol. The molecule has 0 bridgehead atoms. The van der Waals surface area contributed by atoms with E-state index in [0.717, 1.165) is 17.7 Å². The fraction of sp³-hybridized carbons (Fsp3) is 0.176. The van der Waals surface area contributed by atoms with E-state index in [9.17, 15) is 18.4 Å². The van der Waals surface area contributed by atoms with Gasteiger partial charge in [-0.15, -0.1) is 0 Å². The van der Waals surface area contributed by atoms with Crippen LogP contribution in [-0.2, 0) is 9.59 Å². The topological polar surface area (TPSA) is 49.4 Å². The summed E-state index contributed by atoms with van der Waals surface area (Å²) in [4.78, 5) is 25.0. The van der Waals surface area contributed by atoms with Crippen LogP contribution in [0.25, 0.3) is 0 Å². The Morgan fingerprint density at radius 3 is 2.13 bits per heavy atom. The molecule has 0 atom stereocenters. The van der Waals surface area contributed by atoms with Crippen LogP contribution < -0.4 is 10.2 Å². The Morgan fingerprint density at radius 1 is 1.04 bits per heavy atom. The molecule has 2 aromatic rings. The van der Waals surface area contributed by atoms with Gasteiger partial charge < -0.3 is 10.2 Å². The van der Waals surface area contributed by atoms with E-state index < -0.39 is 23.2 Å². The van der Waals surface area contributed by atoms with Crippen LogP contribution in [0.2, 0.25) is 0 Å². The largest absolute Gasteiger partial charge is 0.320 e. The van der Waals surface area contributed by atoms with Crippen LogP contribution in [-0.4, -0.2) is 18.4 Å². The second-order valence-electron chi connectivity index (χ2n) is 5.09. The maximum atomic E-state index is 13.5. The molecule has 0 aliphatic heterocycles. The molecule has 0 saturated carbocycles. The average Bonchev–Trinajstić information content (AvgIpc) is 2.49. The summed E-state index contributed by atoms with van der Waals surface area (Å²) < 4.78 is 27.1. The first kappa shape index (κ1) is 16.6. The lowest BCUT2D eigenvalue weighted by atomic mass is 10.2. The Kier molecular flexibility index (Phi) is 5.05. The molecule has 0 heterocycles. The summed E-state index contributed by atoms with van der Waals surface area (Å²) in [6, 6.07) is 10.3. The van der Waals surface area contributed by atoms with Crippen molar-refractivity contribution in [2.24, 2.45) is 0 Å². The van der Waals surface area contributed by atoms with Gasteiger partial charge in [0.05, 0.1) is 0 Å². The van der Waals surface area contributed by atoms with Crippen molar-refractivity contribution in [2.75, 3.05) is 16.8 Å². The van der Waals surface area contributed by atoms with Gasteiger partial charge >= 0.3 is 0 Å². The number of nitrogens with zero attached hydrogens (tertiary/aromatic N) is 1. The van der Waals surface area contributed by atoms with Crippen LogP contribution in [0.5, 0.6) is 0 Å². The number of rotatable bonds is 4. The second-order valence-corrected chi connectivity index (χ2v) is 5.09. The Labute approximate surface area is 132 Å². The molecule has 6 heteroatoms. The van der Waals surface area contributed by atoms with Gasteiger partial charge in [-0.25, -0.2) is 8.78 Å². The molecule has 1 N–H and O–H groups in total. The lowest BCUT2D eigenvalue weighted by molar-refractivity contribution is -0.120. The van der Waals surface area contributed by atoms with Crippen molar-refractivity contribution >= 4 is 23.2 Å². The Hall–Kier alpha value is -2.76. The Bertz CT molecular complexity index is 710. The minimum atomic E-state index is -0.872. The molecule has 0 saturated heterocycles. The summed E-state index contributed by atoms with van der Waals surface area (Å²) in [5.74, 6) is -2.78. The molecular formula is C17H16F2N2O2. The molecule has 0 spiro atoms. The fourth-order valence-corrected chi connectivity index (χ4v) is 2.05. The molecule has 4 nitrogen and oxygen atoms in total. The molecule has 2 rings (SSSR count). The molecule has 2 aromatic carbocycles. The lowest BCUT2D eigenvalue weighted by Crippen LogP contribution is -2.36. The van der Waals surface area contributed by atoms with E-state index in [1.165, 1.54) is 17.9 Å². The molecule has 0 aromatic heterocycles. The number of aryl methyl sites for hydroxylation is 1.